The summed E-state index contributed by atoms with van der Waals surface area (Å²) in [6.45, 7) is 1.55. The molecular formula is C18H18F2N2O3. The lowest BCUT2D eigenvalue weighted by Gasteiger charge is -2.32. The van der Waals surface area contributed by atoms with Gasteiger partial charge in [0.05, 0.1) is 24.9 Å². The molecule has 0 saturated carbocycles. The van der Waals surface area contributed by atoms with E-state index >= 15 is 0 Å². The van der Waals surface area contributed by atoms with Gasteiger partial charge in [0.2, 0.25) is 5.91 Å². The van der Waals surface area contributed by atoms with Gasteiger partial charge >= 0.3 is 0 Å². The van der Waals surface area contributed by atoms with Crippen LogP contribution in [-0.2, 0) is 9.53 Å². The van der Waals surface area contributed by atoms with E-state index in [0.29, 0.717) is 19.7 Å². The van der Waals surface area contributed by atoms with Gasteiger partial charge in [0.1, 0.15) is 17.4 Å². The Bertz CT molecular complexity index is 770. The third-order valence-electron chi connectivity index (χ3n) is 3.97. The monoisotopic (exact) mass is 348 g/mol. The van der Waals surface area contributed by atoms with Crippen LogP contribution in [0.5, 0.6) is 5.75 Å². The van der Waals surface area contributed by atoms with Crippen LogP contribution in [0.2, 0.25) is 0 Å². The quantitative estimate of drug-likeness (QED) is 0.892. The van der Waals surface area contributed by atoms with Gasteiger partial charge in [0.25, 0.3) is 0 Å². The third-order valence-corrected chi connectivity index (χ3v) is 3.97. The summed E-state index contributed by atoms with van der Waals surface area (Å²) in [7, 11) is 0. The minimum Gasteiger partial charge on any atom is -0.508 e. The van der Waals surface area contributed by atoms with E-state index in [-0.39, 0.29) is 30.0 Å². The van der Waals surface area contributed by atoms with Gasteiger partial charge in [-0.2, -0.15) is 0 Å². The fourth-order valence-electron chi connectivity index (χ4n) is 2.76. The molecule has 132 valence electrons. The highest BCUT2D eigenvalue weighted by atomic mass is 19.1. The lowest BCUT2D eigenvalue weighted by atomic mass is 10.1. The predicted molar refractivity (Wildman–Crippen MR) is 88.2 cm³/mol. The molecule has 0 bridgehead atoms. The zero-order valence-electron chi connectivity index (χ0n) is 13.4. The number of aromatic hydroxyl groups is 1. The van der Waals surface area contributed by atoms with Gasteiger partial charge in [-0.1, -0.05) is 12.1 Å². The van der Waals surface area contributed by atoms with Crippen molar-refractivity contribution in [1.29, 1.82) is 0 Å². The van der Waals surface area contributed by atoms with E-state index in [1.807, 2.05) is 11.0 Å². The summed E-state index contributed by atoms with van der Waals surface area (Å²) in [6, 6.07) is 9.79. The molecule has 1 amide bonds. The van der Waals surface area contributed by atoms with Gasteiger partial charge < -0.3 is 15.2 Å². The zero-order valence-corrected chi connectivity index (χ0v) is 13.4. The Balaban J connectivity index is 1.59. The zero-order chi connectivity index (χ0) is 17.8. The van der Waals surface area contributed by atoms with Crippen LogP contribution in [0.25, 0.3) is 0 Å². The first-order valence-corrected chi connectivity index (χ1v) is 7.89. The molecule has 1 aliphatic heterocycles. The van der Waals surface area contributed by atoms with Gasteiger partial charge in [-0.3, -0.25) is 9.69 Å². The minimum absolute atomic E-state index is 0.0517. The number of phenols is 1. The molecule has 25 heavy (non-hydrogen) atoms. The number of morpholine rings is 1. The number of benzene rings is 2. The number of carbonyl (C=O) groups excluding carboxylic acids is 1. The van der Waals surface area contributed by atoms with Crippen molar-refractivity contribution in [2.75, 3.05) is 31.6 Å². The van der Waals surface area contributed by atoms with Crippen molar-refractivity contribution < 1.29 is 23.4 Å². The standard InChI is InChI=1S/C18H18F2N2O3/c19-13-4-5-16(15(20)9-13)21-18(24)11-22-6-7-25-17(10-22)12-2-1-3-14(23)8-12/h1-5,8-9,17,23H,6-7,10-11H2,(H,21,24)/t17-/m1/s1. The normalized spacial score (nSPS) is 18.1. The van der Waals surface area contributed by atoms with Crippen LogP contribution in [0.3, 0.4) is 0 Å². The van der Waals surface area contributed by atoms with E-state index in [0.717, 1.165) is 17.7 Å². The maximum atomic E-state index is 13.6. The predicted octanol–water partition coefficient (Wildman–Crippen LogP) is 2.68. The molecule has 1 aliphatic rings. The van der Waals surface area contributed by atoms with Crippen LogP contribution < -0.4 is 5.32 Å². The van der Waals surface area contributed by atoms with Crippen LogP contribution in [0.4, 0.5) is 14.5 Å². The molecule has 1 heterocycles. The van der Waals surface area contributed by atoms with Crippen LogP contribution in [0.15, 0.2) is 42.5 Å². The minimum atomic E-state index is -0.812. The van der Waals surface area contributed by atoms with Crippen LogP contribution in [-0.4, -0.2) is 42.2 Å². The molecule has 2 N–H and O–H groups in total. The molecule has 7 heteroatoms. The molecule has 0 aliphatic carbocycles. The van der Waals surface area contributed by atoms with E-state index in [1.54, 1.807) is 18.2 Å². The Kier molecular flexibility index (Phi) is 5.25. The van der Waals surface area contributed by atoms with E-state index in [1.165, 1.54) is 6.07 Å². The fraction of sp³-hybridized carbons (Fsp3) is 0.278. The second kappa shape index (κ2) is 7.58. The summed E-state index contributed by atoms with van der Waals surface area (Å²) in [5.41, 5.74) is 0.777. The number of halogens is 2. The molecule has 0 unspecified atom stereocenters. The smallest absolute Gasteiger partial charge is 0.238 e. The number of rotatable bonds is 4. The SMILES string of the molecule is O=C(CN1CCO[C@@H](c2cccc(O)c2)C1)Nc1ccc(F)cc1F. The number of ether oxygens (including phenoxy) is 1. The average molecular weight is 348 g/mol. The molecule has 0 radical (unpaired) electrons. The van der Waals surface area contributed by atoms with E-state index < -0.39 is 11.6 Å². The first-order valence-electron chi connectivity index (χ1n) is 7.89. The molecule has 1 atom stereocenters. The van der Waals surface area contributed by atoms with E-state index in [4.69, 9.17) is 4.74 Å². The van der Waals surface area contributed by atoms with Crippen molar-refractivity contribution in [2.24, 2.45) is 0 Å². The number of phenolic OH excluding ortho intramolecular Hbond substituents is 1. The summed E-state index contributed by atoms with van der Waals surface area (Å²) >= 11 is 0. The van der Waals surface area contributed by atoms with Crippen LogP contribution >= 0.6 is 0 Å². The highest BCUT2D eigenvalue weighted by Gasteiger charge is 2.24. The second-order valence-electron chi connectivity index (χ2n) is 5.86. The lowest BCUT2D eigenvalue weighted by Crippen LogP contribution is -2.42. The molecule has 3 rings (SSSR count). The van der Waals surface area contributed by atoms with Crippen molar-refractivity contribution >= 4 is 11.6 Å². The average Bonchev–Trinajstić information content (AvgIpc) is 2.58. The van der Waals surface area contributed by atoms with Crippen molar-refractivity contribution in [3.63, 3.8) is 0 Å². The van der Waals surface area contributed by atoms with Crippen molar-refractivity contribution in [1.82, 2.24) is 4.90 Å². The number of amides is 1. The number of nitrogens with one attached hydrogen (secondary N) is 1. The van der Waals surface area contributed by atoms with E-state index in [2.05, 4.69) is 5.32 Å². The summed E-state index contributed by atoms with van der Waals surface area (Å²) in [6.07, 6.45) is -0.254. The summed E-state index contributed by atoms with van der Waals surface area (Å²) in [5.74, 6) is -1.74. The number of anilines is 1. The number of hydrogen-bond donors (Lipinski definition) is 2. The molecule has 0 spiro atoms. The highest BCUT2D eigenvalue weighted by molar-refractivity contribution is 5.92. The maximum absolute atomic E-state index is 13.6. The summed E-state index contributed by atoms with van der Waals surface area (Å²) < 4.78 is 32.2. The molecule has 1 fully saturated rings. The topological polar surface area (TPSA) is 61.8 Å². The lowest BCUT2D eigenvalue weighted by molar-refractivity contribution is -0.119. The Morgan fingerprint density at radius 1 is 1.28 bits per heavy atom. The fourth-order valence-corrected chi connectivity index (χ4v) is 2.76. The third kappa shape index (κ3) is 4.52. The number of carbonyl (C=O) groups is 1. The molecule has 0 aromatic heterocycles. The molecule has 2 aromatic carbocycles. The largest absolute Gasteiger partial charge is 0.508 e. The summed E-state index contributed by atoms with van der Waals surface area (Å²) in [5, 5.41) is 12.0. The van der Waals surface area contributed by atoms with Gasteiger partial charge in [-0.05, 0) is 29.8 Å². The van der Waals surface area contributed by atoms with Gasteiger partial charge in [0.15, 0.2) is 0 Å². The number of nitrogens with zero attached hydrogens (tertiary/aromatic N) is 1. The molecule has 5 nitrogen and oxygen atoms in total. The maximum Gasteiger partial charge on any atom is 0.238 e. The molecule has 1 saturated heterocycles. The molecular weight excluding hydrogens is 330 g/mol. The van der Waals surface area contributed by atoms with Crippen molar-refractivity contribution in [3.8, 4) is 5.75 Å². The van der Waals surface area contributed by atoms with Crippen LogP contribution in [0, 0.1) is 11.6 Å². The Morgan fingerprint density at radius 2 is 2.12 bits per heavy atom. The Labute approximate surface area is 143 Å². The van der Waals surface area contributed by atoms with Crippen molar-refractivity contribution in [3.05, 3.63) is 59.7 Å². The summed E-state index contributed by atoms with van der Waals surface area (Å²) in [4.78, 5) is 14.0. The second-order valence-corrected chi connectivity index (χ2v) is 5.86. The van der Waals surface area contributed by atoms with Crippen molar-refractivity contribution in [2.45, 2.75) is 6.10 Å². The first kappa shape index (κ1) is 17.3. The number of hydrogen-bond acceptors (Lipinski definition) is 4. The van der Waals surface area contributed by atoms with Gasteiger partial charge in [-0.15, -0.1) is 0 Å². The van der Waals surface area contributed by atoms with Crippen LogP contribution in [0.1, 0.15) is 11.7 Å². The Hall–Kier alpha value is -2.51. The van der Waals surface area contributed by atoms with E-state index in [9.17, 15) is 18.7 Å². The highest BCUT2D eigenvalue weighted by Crippen LogP contribution is 2.25. The van der Waals surface area contributed by atoms with Gasteiger partial charge in [0, 0.05) is 19.2 Å². The van der Waals surface area contributed by atoms with Gasteiger partial charge in [-0.25, -0.2) is 8.78 Å². The first-order chi connectivity index (χ1) is 12.0. The Morgan fingerprint density at radius 3 is 2.88 bits per heavy atom. The molecule has 2 aromatic rings.